The lowest BCUT2D eigenvalue weighted by Gasteiger charge is -2.24. The van der Waals surface area contributed by atoms with Crippen LogP contribution in [0.15, 0.2) is 65.5 Å². The minimum absolute atomic E-state index is 0.0252. The molecule has 12 heteroatoms. The first-order valence-corrected chi connectivity index (χ1v) is 11.5. The van der Waals surface area contributed by atoms with Gasteiger partial charge in [0.1, 0.15) is 17.6 Å². The first-order chi connectivity index (χ1) is 17.7. The van der Waals surface area contributed by atoms with E-state index in [4.69, 9.17) is 16.3 Å². The second kappa shape index (κ2) is 10.8. The van der Waals surface area contributed by atoms with Gasteiger partial charge in [0.2, 0.25) is 5.91 Å². The monoisotopic (exact) mass is 528 g/mol. The van der Waals surface area contributed by atoms with Crippen molar-refractivity contribution < 1.29 is 28.6 Å². The number of anilines is 2. The Labute approximate surface area is 215 Å². The Balaban J connectivity index is 1.54. The summed E-state index contributed by atoms with van der Waals surface area (Å²) in [4.78, 5) is 51.0. The average molecular weight is 529 g/mol. The predicted octanol–water partition coefficient (Wildman–Crippen LogP) is 3.59. The summed E-state index contributed by atoms with van der Waals surface area (Å²) in [6, 6.07) is 12.1. The maximum absolute atomic E-state index is 15.0. The van der Waals surface area contributed by atoms with Crippen LogP contribution in [0.3, 0.4) is 0 Å². The molecule has 2 atom stereocenters. The Bertz CT molecular complexity index is 1410. The van der Waals surface area contributed by atoms with Crippen LogP contribution in [-0.2, 0) is 9.53 Å². The van der Waals surface area contributed by atoms with Gasteiger partial charge >= 0.3 is 12.0 Å². The van der Waals surface area contributed by atoms with Crippen LogP contribution < -0.4 is 16.2 Å². The van der Waals surface area contributed by atoms with Crippen LogP contribution in [0.25, 0.3) is 5.69 Å². The van der Waals surface area contributed by atoms with Crippen LogP contribution in [0, 0.1) is 5.82 Å². The molecule has 37 heavy (non-hydrogen) atoms. The SMILES string of the molecule is COC1CC(C(=O)Nc2ccc(-n3c(C(=O)O)cccc3=O)cc2F)N(C(=O)Nc2ccc(Cl)cc2)C1. The number of hydrogen-bond donors (Lipinski definition) is 3. The van der Waals surface area contributed by atoms with E-state index in [9.17, 15) is 28.7 Å². The van der Waals surface area contributed by atoms with E-state index in [1.165, 1.54) is 36.3 Å². The number of rotatable bonds is 6. The molecule has 3 amide bonds. The van der Waals surface area contributed by atoms with Crippen LogP contribution in [0.1, 0.15) is 16.9 Å². The third-order valence-corrected chi connectivity index (χ3v) is 6.15. The van der Waals surface area contributed by atoms with Gasteiger partial charge in [-0.05, 0) is 42.5 Å². The van der Waals surface area contributed by atoms with E-state index < -0.39 is 41.4 Å². The van der Waals surface area contributed by atoms with Crippen molar-refractivity contribution in [3.63, 3.8) is 0 Å². The molecule has 10 nitrogen and oxygen atoms in total. The van der Waals surface area contributed by atoms with Gasteiger partial charge in [-0.15, -0.1) is 0 Å². The molecule has 1 fully saturated rings. The van der Waals surface area contributed by atoms with Gasteiger partial charge in [0.15, 0.2) is 0 Å². The van der Waals surface area contributed by atoms with Gasteiger partial charge in [0.25, 0.3) is 5.56 Å². The molecule has 2 unspecified atom stereocenters. The number of nitrogens with one attached hydrogen (secondary N) is 2. The van der Waals surface area contributed by atoms with Crippen molar-refractivity contribution in [2.75, 3.05) is 24.3 Å². The maximum Gasteiger partial charge on any atom is 0.352 e. The lowest BCUT2D eigenvalue weighted by molar-refractivity contribution is -0.119. The molecule has 2 aromatic carbocycles. The number of halogens is 2. The number of aromatic carboxylic acids is 1. The van der Waals surface area contributed by atoms with Gasteiger partial charge < -0.3 is 25.4 Å². The lowest BCUT2D eigenvalue weighted by atomic mass is 10.1. The van der Waals surface area contributed by atoms with Crippen molar-refractivity contribution in [2.24, 2.45) is 0 Å². The summed E-state index contributed by atoms with van der Waals surface area (Å²) in [6.45, 7) is 0.143. The number of carboxylic acids is 1. The number of urea groups is 1. The van der Waals surface area contributed by atoms with Gasteiger partial charge in [0.05, 0.1) is 17.5 Å². The Morgan fingerprint density at radius 3 is 2.46 bits per heavy atom. The molecule has 1 aromatic heterocycles. The molecule has 0 aliphatic carbocycles. The summed E-state index contributed by atoms with van der Waals surface area (Å²) in [5.74, 6) is -2.89. The molecule has 0 bridgehead atoms. The van der Waals surface area contributed by atoms with Crippen molar-refractivity contribution in [3.05, 3.63) is 87.6 Å². The molecule has 0 spiro atoms. The molecular weight excluding hydrogens is 507 g/mol. The number of benzene rings is 2. The Hall–Kier alpha value is -4.22. The zero-order chi connectivity index (χ0) is 26.7. The fraction of sp³-hybridized carbons (Fsp3) is 0.200. The van der Waals surface area contributed by atoms with Crippen LogP contribution in [0.5, 0.6) is 0 Å². The number of amides is 3. The Morgan fingerprint density at radius 1 is 1.08 bits per heavy atom. The number of aromatic nitrogens is 1. The van der Waals surface area contributed by atoms with Crippen molar-refractivity contribution in [2.45, 2.75) is 18.6 Å². The summed E-state index contributed by atoms with van der Waals surface area (Å²) in [6.07, 6.45) is -0.212. The first-order valence-electron chi connectivity index (χ1n) is 11.1. The molecule has 1 aliphatic heterocycles. The summed E-state index contributed by atoms with van der Waals surface area (Å²) >= 11 is 5.88. The first kappa shape index (κ1) is 25.9. The smallest absolute Gasteiger partial charge is 0.352 e. The van der Waals surface area contributed by atoms with Gasteiger partial charge in [-0.25, -0.2) is 14.0 Å². The van der Waals surface area contributed by atoms with E-state index in [0.29, 0.717) is 10.7 Å². The van der Waals surface area contributed by atoms with E-state index in [-0.39, 0.29) is 30.0 Å². The average Bonchev–Trinajstić information content (AvgIpc) is 3.31. The fourth-order valence-electron chi connectivity index (χ4n) is 4.05. The number of carboxylic acid groups (broad SMARTS) is 1. The number of hydrogen-bond acceptors (Lipinski definition) is 5. The number of carbonyl (C=O) groups is 3. The van der Waals surface area contributed by atoms with E-state index in [0.717, 1.165) is 16.7 Å². The van der Waals surface area contributed by atoms with Crippen molar-refractivity contribution in [1.29, 1.82) is 0 Å². The number of carbonyl (C=O) groups excluding carboxylic acids is 2. The Morgan fingerprint density at radius 2 is 1.81 bits per heavy atom. The molecule has 3 N–H and O–H groups in total. The standard InChI is InChI=1S/C25H22ClFN4O6/c1-37-17-12-21(30(13-17)25(36)28-15-7-5-14(26)6-8-15)23(33)29-19-10-9-16(11-18(19)27)31-20(24(34)35)3-2-4-22(31)32/h2-11,17,21H,12-13H2,1H3,(H,28,36)(H,29,33)(H,34,35). The van der Waals surface area contributed by atoms with Crippen LogP contribution in [0.4, 0.5) is 20.6 Å². The number of ether oxygens (including phenoxy) is 1. The number of methoxy groups -OCH3 is 1. The molecule has 0 saturated carbocycles. The largest absolute Gasteiger partial charge is 0.477 e. The number of likely N-dealkylation sites (tertiary alicyclic amines) is 1. The quantitative estimate of drug-likeness (QED) is 0.448. The van der Waals surface area contributed by atoms with Crippen LogP contribution >= 0.6 is 11.6 Å². The number of pyridine rings is 1. The minimum atomic E-state index is -1.36. The highest BCUT2D eigenvalue weighted by atomic mass is 35.5. The van der Waals surface area contributed by atoms with Crippen molar-refractivity contribution >= 4 is 40.9 Å². The Kier molecular flexibility index (Phi) is 7.55. The number of nitrogens with zero attached hydrogens (tertiary/aromatic N) is 2. The summed E-state index contributed by atoms with van der Waals surface area (Å²) in [5.41, 5.74) is -0.748. The van der Waals surface area contributed by atoms with Gasteiger partial charge in [-0.1, -0.05) is 17.7 Å². The molecule has 1 saturated heterocycles. The zero-order valence-electron chi connectivity index (χ0n) is 19.5. The van der Waals surface area contributed by atoms with Crippen molar-refractivity contribution in [3.8, 4) is 5.69 Å². The van der Waals surface area contributed by atoms with Gasteiger partial charge in [0, 0.05) is 42.9 Å². The highest BCUT2D eigenvalue weighted by Crippen LogP contribution is 2.25. The predicted molar refractivity (Wildman–Crippen MR) is 134 cm³/mol. The lowest BCUT2D eigenvalue weighted by Crippen LogP contribution is -2.45. The van der Waals surface area contributed by atoms with Crippen molar-refractivity contribution in [1.82, 2.24) is 9.47 Å². The van der Waals surface area contributed by atoms with Crippen LogP contribution in [-0.4, -0.2) is 58.3 Å². The van der Waals surface area contributed by atoms with E-state index in [1.54, 1.807) is 24.3 Å². The molecule has 0 radical (unpaired) electrons. The van der Waals surface area contributed by atoms with E-state index in [1.807, 2.05) is 0 Å². The summed E-state index contributed by atoms with van der Waals surface area (Å²) < 4.78 is 21.2. The topological polar surface area (TPSA) is 130 Å². The highest BCUT2D eigenvalue weighted by Gasteiger charge is 2.40. The second-order valence-electron chi connectivity index (χ2n) is 8.24. The van der Waals surface area contributed by atoms with Gasteiger partial charge in [-0.3, -0.25) is 14.2 Å². The molecule has 4 rings (SSSR count). The fourth-order valence-corrected chi connectivity index (χ4v) is 4.18. The molecule has 3 aromatic rings. The summed E-state index contributed by atoms with van der Waals surface area (Å²) in [7, 11) is 1.47. The highest BCUT2D eigenvalue weighted by molar-refractivity contribution is 6.30. The minimum Gasteiger partial charge on any atom is -0.477 e. The summed E-state index contributed by atoms with van der Waals surface area (Å²) in [5, 5.41) is 15.0. The second-order valence-corrected chi connectivity index (χ2v) is 8.68. The third kappa shape index (κ3) is 5.63. The zero-order valence-corrected chi connectivity index (χ0v) is 20.2. The van der Waals surface area contributed by atoms with E-state index in [2.05, 4.69) is 10.6 Å². The molecule has 192 valence electrons. The molecule has 1 aliphatic rings. The van der Waals surface area contributed by atoms with Crippen LogP contribution in [0.2, 0.25) is 5.02 Å². The third-order valence-electron chi connectivity index (χ3n) is 5.90. The molecular formula is C25H22ClFN4O6. The van der Waals surface area contributed by atoms with E-state index >= 15 is 0 Å². The normalized spacial score (nSPS) is 16.9. The van der Waals surface area contributed by atoms with Gasteiger partial charge in [-0.2, -0.15) is 0 Å². The maximum atomic E-state index is 15.0. The molecule has 2 heterocycles.